The minimum absolute atomic E-state index is 0.0772. The molecule has 1 aromatic heterocycles. The van der Waals surface area contributed by atoms with Gasteiger partial charge in [-0.1, -0.05) is 0 Å². The first kappa shape index (κ1) is 16.4. The van der Waals surface area contributed by atoms with Crippen molar-refractivity contribution in [1.29, 1.82) is 0 Å². The summed E-state index contributed by atoms with van der Waals surface area (Å²) in [5.74, 6) is -1.08. The Hall–Kier alpha value is -2.44. The maximum absolute atomic E-state index is 14.1. The molecule has 0 saturated heterocycles. The van der Waals surface area contributed by atoms with Crippen LogP contribution in [-0.4, -0.2) is 26.3 Å². The Morgan fingerprint density at radius 3 is 2.79 bits per heavy atom. The third kappa shape index (κ3) is 2.98. The lowest BCUT2D eigenvalue weighted by Gasteiger charge is -2.08. The molecule has 1 amide bonds. The normalized spacial score (nSPS) is 10.8. The number of nitrogens with one attached hydrogen (secondary N) is 2. The van der Waals surface area contributed by atoms with Crippen molar-refractivity contribution in [2.75, 3.05) is 3.28 Å². The van der Waals surface area contributed by atoms with Crippen molar-refractivity contribution in [3.05, 3.63) is 47.8 Å². The standard InChI is InChI=1S/C14H10FIN4O4/c15-10-3-2-8(20(24)16-22)6-9(10)13-17-11-4-1-7(14(21)19-23)5-12(11)18-13/h1-6,23-24H,(H,17,18)(H,19,21). The van der Waals surface area contributed by atoms with Gasteiger partial charge in [-0.05, 0) is 36.4 Å². The molecule has 3 aromatic rings. The van der Waals surface area contributed by atoms with Crippen LogP contribution < -0.4 is 8.76 Å². The largest absolute Gasteiger partial charge is 0.338 e. The number of carbonyl (C=O) groups is 1. The number of aromatic amines is 1. The number of H-pyrrole nitrogens is 1. The number of rotatable bonds is 4. The molecule has 0 aliphatic heterocycles. The van der Waals surface area contributed by atoms with Gasteiger partial charge in [0.05, 0.1) is 22.3 Å². The van der Waals surface area contributed by atoms with E-state index >= 15 is 0 Å². The number of amides is 1. The molecule has 10 heteroatoms. The predicted molar refractivity (Wildman–Crippen MR) is 89.7 cm³/mol. The van der Waals surface area contributed by atoms with Gasteiger partial charge in [-0.2, -0.15) is 3.28 Å². The van der Waals surface area contributed by atoms with Crippen LogP contribution in [-0.2, 0) is 3.07 Å². The molecule has 24 heavy (non-hydrogen) atoms. The van der Waals surface area contributed by atoms with Gasteiger partial charge in [0, 0.05) is 5.56 Å². The number of imidazole rings is 1. The van der Waals surface area contributed by atoms with Crippen molar-refractivity contribution in [2.24, 2.45) is 0 Å². The molecule has 0 bridgehead atoms. The van der Waals surface area contributed by atoms with Crippen molar-refractivity contribution in [3.63, 3.8) is 0 Å². The minimum atomic E-state index is -1.84. The van der Waals surface area contributed by atoms with E-state index in [0.29, 0.717) is 14.3 Å². The molecule has 0 saturated carbocycles. The van der Waals surface area contributed by atoms with Crippen molar-refractivity contribution in [1.82, 2.24) is 15.4 Å². The van der Waals surface area contributed by atoms with Crippen LogP contribution in [0, 0.1) is 5.82 Å². The maximum atomic E-state index is 14.1. The Bertz CT molecular complexity index is 946. The van der Waals surface area contributed by atoms with Gasteiger partial charge in [-0.25, -0.2) is 17.9 Å². The number of carbonyl (C=O) groups excluding carboxylic acids is 1. The van der Waals surface area contributed by atoms with E-state index in [1.807, 2.05) is 0 Å². The van der Waals surface area contributed by atoms with E-state index in [4.69, 9.17) is 5.21 Å². The summed E-state index contributed by atoms with van der Waals surface area (Å²) in [6.07, 6.45) is 0. The molecule has 0 fully saturated rings. The average molecular weight is 444 g/mol. The zero-order valence-corrected chi connectivity index (χ0v) is 14.0. The van der Waals surface area contributed by atoms with Crippen LogP contribution in [0.25, 0.3) is 22.4 Å². The zero-order chi connectivity index (χ0) is 17.3. The highest BCUT2D eigenvalue weighted by atomic mass is 127. The first-order chi connectivity index (χ1) is 11.5. The highest BCUT2D eigenvalue weighted by Crippen LogP contribution is 2.29. The molecule has 0 atom stereocenters. The quantitative estimate of drug-likeness (QED) is 0.213. The third-order valence-corrected chi connectivity index (χ3v) is 4.26. The first-order valence-electron chi connectivity index (χ1n) is 6.54. The maximum Gasteiger partial charge on any atom is 0.300 e. The molecule has 1 heterocycles. The lowest BCUT2D eigenvalue weighted by atomic mass is 10.2. The van der Waals surface area contributed by atoms with Crippen molar-refractivity contribution in [2.45, 2.75) is 0 Å². The molecule has 0 aliphatic rings. The number of hydrogen-bond acceptors (Lipinski definition) is 5. The van der Waals surface area contributed by atoms with Gasteiger partial charge in [0.15, 0.2) is 0 Å². The summed E-state index contributed by atoms with van der Waals surface area (Å²) in [6.45, 7) is 0. The van der Waals surface area contributed by atoms with Gasteiger partial charge in [0.25, 0.3) is 27.4 Å². The third-order valence-electron chi connectivity index (χ3n) is 3.33. The number of nitrogens with zero attached hydrogens (tertiary/aromatic N) is 2. The first-order valence-corrected chi connectivity index (χ1v) is 8.38. The summed E-state index contributed by atoms with van der Waals surface area (Å²) in [5, 5.41) is 18.2. The lowest BCUT2D eigenvalue weighted by Crippen LogP contribution is -2.18. The Balaban J connectivity index is 2.09. The highest BCUT2D eigenvalue weighted by molar-refractivity contribution is 14.1. The second-order valence-electron chi connectivity index (χ2n) is 4.75. The zero-order valence-electron chi connectivity index (χ0n) is 11.8. The van der Waals surface area contributed by atoms with E-state index in [1.165, 1.54) is 29.7 Å². The van der Waals surface area contributed by atoms with Gasteiger partial charge >= 0.3 is 0 Å². The van der Waals surface area contributed by atoms with E-state index in [9.17, 15) is 17.5 Å². The molecule has 0 radical (unpaired) electrons. The Labute approximate surface area is 144 Å². The number of anilines is 1. The van der Waals surface area contributed by atoms with Crippen LogP contribution in [0.1, 0.15) is 10.4 Å². The molecule has 8 nitrogen and oxygen atoms in total. The number of hydroxylamine groups is 1. The molecule has 2 aromatic carbocycles. The van der Waals surface area contributed by atoms with E-state index in [-0.39, 0.29) is 22.6 Å². The van der Waals surface area contributed by atoms with Crippen molar-refractivity contribution >= 4 is 44.1 Å². The monoisotopic (exact) mass is 444 g/mol. The molecule has 3 rings (SSSR count). The molecular weight excluding hydrogens is 434 g/mol. The fraction of sp³-hybridized carbons (Fsp3) is 0. The van der Waals surface area contributed by atoms with Gasteiger partial charge < -0.3 is 4.98 Å². The van der Waals surface area contributed by atoms with Crippen LogP contribution in [0.2, 0.25) is 0 Å². The summed E-state index contributed by atoms with van der Waals surface area (Å²) < 4.78 is 25.5. The van der Waals surface area contributed by atoms with E-state index in [0.717, 1.165) is 6.07 Å². The number of fused-ring (bicyclic) bond motifs is 1. The summed E-state index contributed by atoms with van der Waals surface area (Å²) in [4.78, 5) is 18.5. The van der Waals surface area contributed by atoms with Crippen LogP contribution in [0.4, 0.5) is 10.1 Å². The van der Waals surface area contributed by atoms with Crippen LogP contribution in [0.3, 0.4) is 0 Å². The summed E-state index contributed by atoms with van der Waals surface area (Å²) in [6, 6.07) is 8.20. The van der Waals surface area contributed by atoms with Gasteiger partial charge in [-0.3, -0.25) is 15.2 Å². The summed E-state index contributed by atoms with van der Waals surface area (Å²) in [7, 11) is 0. The van der Waals surface area contributed by atoms with E-state index < -0.39 is 33.2 Å². The fourth-order valence-electron chi connectivity index (χ4n) is 2.19. The molecule has 0 aliphatic carbocycles. The Kier molecular flexibility index (Phi) is 4.51. The fourth-order valence-corrected chi connectivity index (χ4v) is 2.72. The van der Waals surface area contributed by atoms with E-state index in [1.54, 1.807) is 6.07 Å². The van der Waals surface area contributed by atoms with Gasteiger partial charge in [0.2, 0.25) is 0 Å². The molecule has 4 N–H and O–H groups in total. The Morgan fingerprint density at radius 1 is 1.29 bits per heavy atom. The SMILES string of the molecule is O=IN(O)c1ccc(F)c(-c2nc3ccc(C(=O)NO)cc3[nH]2)c1. The topological polar surface area (TPSA) is 119 Å². The van der Waals surface area contributed by atoms with E-state index in [2.05, 4.69) is 9.97 Å². The van der Waals surface area contributed by atoms with Crippen molar-refractivity contribution in [3.8, 4) is 11.4 Å². The van der Waals surface area contributed by atoms with Crippen LogP contribution in [0.5, 0.6) is 0 Å². The van der Waals surface area contributed by atoms with Crippen LogP contribution >= 0.6 is 21.5 Å². The molecule has 124 valence electrons. The smallest absolute Gasteiger partial charge is 0.300 e. The Morgan fingerprint density at radius 2 is 2.08 bits per heavy atom. The molecular formula is C14H10FIN4O4. The van der Waals surface area contributed by atoms with Crippen LogP contribution in [0.15, 0.2) is 36.4 Å². The number of halogens is 2. The number of aromatic nitrogens is 2. The number of benzene rings is 2. The summed E-state index contributed by atoms with van der Waals surface area (Å²) >= 11 is -1.84. The lowest BCUT2D eigenvalue weighted by molar-refractivity contribution is 0.0706. The van der Waals surface area contributed by atoms with Gasteiger partial charge in [0.1, 0.15) is 11.6 Å². The minimum Gasteiger partial charge on any atom is -0.338 e. The predicted octanol–water partition coefficient (Wildman–Crippen LogP) is 2.91. The molecule has 0 spiro atoms. The van der Waals surface area contributed by atoms with Crippen molar-refractivity contribution < 1.29 is 22.7 Å². The average Bonchev–Trinajstić information content (AvgIpc) is 3.03. The second-order valence-corrected chi connectivity index (χ2v) is 6.06. The molecule has 0 unspecified atom stereocenters. The number of hydrogen-bond donors (Lipinski definition) is 4. The highest BCUT2D eigenvalue weighted by Gasteiger charge is 2.14. The summed E-state index contributed by atoms with van der Waals surface area (Å²) in [5.41, 5.74) is 2.93. The van der Waals surface area contributed by atoms with Gasteiger partial charge in [-0.15, -0.1) is 0 Å². The second kappa shape index (κ2) is 6.59.